The number of rotatable bonds is 3. The van der Waals surface area contributed by atoms with Gasteiger partial charge in [0, 0.05) is 27.0 Å². The molecule has 0 aliphatic heterocycles. The molecule has 1 aromatic carbocycles. The summed E-state index contributed by atoms with van der Waals surface area (Å²) in [6.45, 7) is 2.79. The van der Waals surface area contributed by atoms with E-state index in [4.69, 9.17) is 5.73 Å². The minimum Gasteiger partial charge on any atom is -0.330 e. The summed E-state index contributed by atoms with van der Waals surface area (Å²) in [6.07, 6.45) is 1.93. The highest BCUT2D eigenvalue weighted by Gasteiger charge is 2.09. The molecule has 2 rings (SSSR count). The van der Waals surface area contributed by atoms with Crippen molar-refractivity contribution >= 4 is 27.3 Å². The predicted octanol–water partition coefficient (Wildman–Crippen LogP) is 3.63. The Morgan fingerprint density at radius 3 is 3.00 bits per heavy atom. The van der Waals surface area contributed by atoms with Gasteiger partial charge in [-0.05, 0) is 18.7 Å². The summed E-state index contributed by atoms with van der Waals surface area (Å²) < 4.78 is 1.08. The highest BCUT2D eigenvalue weighted by Crippen LogP contribution is 2.30. The van der Waals surface area contributed by atoms with E-state index in [0.29, 0.717) is 12.5 Å². The van der Waals surface area contributed by atoms with Crippen LogP contribution in [0.4, 0.5) is 0 Å². The maximum atomic E-state index is 5.65. The van der Waals surface area contributed by atoms with Crippen LogP contribution in [-0.2, 0) is 0 Å². The van der Waals surface area contributed by atoms with Gasteiger partial charge in [-0.15, -0.1) is 11.3 Å². The molecule has 0 aliphatic carbocycles. The second-order valence-corrected chi connectivity index (χ2v) is 5.69. The van der Waals surface area contributed by atoms with Crippen LogP contribution in [0.1, 0.15) is 17.7 Å². The fourth-order valence-electron chi connectivity index (χ4n) is 1.39. The molecule has 2 N–H and O–H groups in total. The lowest BCUT2D eigenvalue weighted by Crippen LogP contribution is -2.07. The molecular formula is C12H13BrN2S. The Morgan fingerprint density at radius 2 is 2.31 bits per heavy atom. The van der Waals surface area contributed by atoms with Crippen molar-refractivity contribution in [1.82, 2.24) is 4.98 Å². The zero-order valence-corrected chi connectivity index (χ0v) is 11.4. The third-order valence-corrected chi connectivity index (χ3v) is 4.21. The topological polar surface area (TPSA) is 38.9 Å². The van der Waals surface area contributed by atoms with Gasteiger partial charge in [-0.1, -0.05) is 35.0 Å². The molecule has 2 aromatic rings. The first-order valence-electron chi connectivity index (χ1n) is 5.12. The van der Waals surface area contributed by atoms with E-state index >= 15 is 0 Å². The number of nitrogens with two attached hydrogens (primary N) is 1. The average Bonchev–Trinajstić information content (AvgIpc) is 2.77. The van der Waals surface area contributed by atoms with Gasteiger partial charge in [0.1, 0.15) is 5.01 Å². The minimum atomic E-state index is 0.387. The van der Waals surface area contributed by atoms with Gasteiger partial charge >= 0.3 is 0 Å². The lowest BCUT2D eigenvalue weighted by atomic mass is 10.2. The van der Waals surface area contributed by atoms with Crippen LogP contribution in [0.15, 0.2) is 34.9 Å². The van der Waals surface area contributed by atoms with E-state index in [9.17, 15) is 0 Å². The fraction of sp³-hybridized carbons (Fsp3) is 0.250. The molecule has 1 aromatic heterocycles. The average molecular weight is 297 g/mol. The Bertz CT molecular complexity index is 481. The van der Waals surface area contributed by atoms with Crippen LogP contribution in [0.5, 0.6) is 0 Å². The number of benzene rings is 1. The minimum absolute atomic E-state index is 0.387. The second kappa shape index (κ2) is 5.08. The number of hydrogen-bond donors (Lipinski definition) is 1. The molecule has 2 nitrogen and oxygen atoms in total. The van der Waals surface area contributed by atoms with Gasteiger partial charge in [-0.3, -0.25) is 0 Å². The van der Waals surface area contributed by atoms with Crippen LogP contribution in [0.25, 0.3) is 10.6 Å². The summed E-state index contributed by atoms with van der Waals surface area (Å²) in [7, 11) is 0. The number of nitrogens with zero attached hydrogens (tertiary/aromatic N) is 1. The molecule has 1 unspecified atom stereocenters. The fourth-order valence-corrected chi connectivity index (χ4v) is 2.76. The Kier molecular flexibility index (Phi) is 3.74. The highest BCUT2D eigenvalue weighted by atomic mass is 79.9. The predicted molar refractivity (Wildman–Crippen MR) is 72.7 cm³/mol. The van der Waals surface area contributed by atoms with Gasteiger partial charge in [0.05, 0.1) is 0 Å². The largest absolute Gasteiger partial charge is 0.330 e. The molecule has 0 fully saturated rings. The van der Waals surface area contributed by atoms with Crippen molar-refractivity contribution in [3.63, 3.8) is 0 Å². The SMILES string of the molecule is CC(CN)c1cnc(-c2cccc(Br)c2)s1. The molecule has 0 amide bonds. The molecule has 4 heteroatoms. The van der Waals surface area contributed by atoms with E-state index < -0.39 is 0 Å². The van der Waals surface area contributed by atoms with Crippen molar-refractivity contribution in [1.29, 1.82) is 0 Å². The summed E-state index contributed by atoms with van der Waals surface area (Å²) in [4.78, 5) is 5.69. The van der Waals surface area contributed by atoms with Crippen LogP contribution in [-0.4, -0.2) is 11.5 Å². The van der Waals surface area contributed by atoms with E-state index in [-0.39, 0.29) is 0 Å². The molecule has 0 saturated heterocycles. The summed E-state index contributed by atoms with van der Waals surface area (Å²) in [6, 6.07) is 8.18. The molecule has 0 spiro atoms. The monoisotopic (exact) mass is 296 g/mol. The quantitative estimate of drug-likeness (QED) is 0.939. The number of halogens is 1. The van der Waals surface area contributed by atoms with E-state index in [1.165, 1.54) is 4.88 Å². The first kappa shape index (κ1) is 11.8. The number of thiazole rings is 1. The zero-order chi connectivity index (χ0) is 11.5. The Balaban J connectivity index is 2.31. The molecule has 16 heavy (non-hydrogen) atoms. The Hall–Kier alpha value is -0.710. The van der Waals surface area contributed by atoms with Gasteiger partial charge < -0.3 is 5.73 Å². The van der Waals surface area contributed by atoms with Crippen molar-refractivity contribution in [3.05, 3.63) is 39.8 Å². The molecular weight excluding hydrogens is 284 g/mol. The Labute approximate surface area is 108 Å². The third kappa shape index (κ3) is 2.51. The van der Waals surface area contributed by atoms with Crippen LogP contribution in [0.3, 0.4) is 0 Å². The molecule has 0 bridgehead atoms. The Morgan fingerprint density at radius 1 is 1.50 bits per heavy atom. The summed E-state index contributed by atoms with van der Waals surface area (Å²) in [5.41, 5.74) is 6.80. The maximum Gasteiger partial charge on any atom is 0.123 e. The van der Waals surface area contributed by atoms with Gasteiger partial charge in [0.25, 0.3) is 0 Å². The van der Waals surface area contributed by atoms with Crippen molar-refractivity contribution in [3.8, 4) is 10.6 Å². The molecule has 1 heterocycles. The lowest BCUT2D eigenvalue weighted by molar-refractivity contribution is 0.787. The van der Waals surface area contributed by atoms with Gasteiger partial charge in [-0.25, -0.2) is 4.98 Å². The molecule has 84 valence electrons. The van der Waals surface area contributed by atoms with Gasteiger partial charge in [0.2, 0.25) is 0 Å². The van der Waals surface area contributed by atoms with Gasteiger partial charge in [-0.2, -0.15) is 0 Å². The molecule has 0 aliphatic rings. The van der Waals surface area contributed by atoms with E-state index in [1.807, 2.05) is 18.3 Å². The summed E-state index contributed by atoms with van der Waals surface area (Å²) >= 11 is 5.18. The number of aromatic nitrogens is 1. The van der Waals surface area contributed by atoms with E-state index in [0.717, 1.165) is 15.0 Å². The summed E-state index contributed by atoms with van der Waals surface area (Å²) in [5, 5.41) is 1.05. The smallest absolute Gasteiger partial charge is 0.123 e. The third-order valence-electron chi connectivity index (χ3n) is 2.43. The van der Waals surface area contributed by atoms with Crippen LogP contribution >= 0.6 is 27.3 Å². The van der Waals surface area contributed by atoms with Crippen LogP contribution < -0.4 is 5.73 Å². The second-order valence-electron chi connectivity index (χ2n) is 3.71. The van der Waals surface area contributed by atoms with Crippen molar-refractivity contribution in [2.75, 3.05) is 6.54 Å². The van der Waals surface area contributed by atoms with Crippen molar-refractivity contribution in [2.45, 2.75) is 12.8 Å². The number of hydrogen-bond acceptors (Lipinski definition) is 3. The lowest BCUT2D eigenvalue weighted by Gasteiger charge is -2.02. The zero-order valence-electron chi connectivity index (χ0n) is 8.98. The molecule has 0 radical (unpaired) electrons. The first-order valence-corrected chi connectivity index (χ1v) is 6.73. The van der Waals surface area contributed by atoms with Crippen molar-refractivity contribution in [2.24, 2.45) is 5.73 Å². The van der Waals surface area contributed by atoms with E-state index in [2.05, 4.69) is 40.0 Å². The highest BCUT2D eigenvalue weighted by molar-refractivity contribution is 9.10. The first-order chi connectivity index (χ1) is 7.70. The standard InChI is InChI=1S/C12H13BrN2S/c1-8(6-14)11-7-15-12(16-11)9-3-2-4-10(13)5-9/h2-5,7-8H,6,14H2,1H3. The molecule has 0 saturated carbocycles. The molecule has 1 atom stereocenters. The normalized spacial score (nSPS) is 12.7. The van der Waals surface area contributed by atoms with Crippen LogP contribution in [0, 0.1) is 0 Å². The summed E-state index contributed by atoms with van der Waals surface area (Å²) in [5.74, 6) is 0.387. The maximum absolute atomic E-state index is 5.65. The van der Waals surface area contributed by atoms with E-state index in [1.54, 1.807) is 11.3 Å². The van der Waals surface area contributed by atoms with Gasteiger partial charge in [0.15, 0.2) is 0 Å². The van der Waals surface area contributed by atoms with Crippen LogP contribution in [0.2, 0.25) is 0 Å². The van der Waals surface area contributed by atoms with Crippen molar-refractivity contribution < 1.29 is 0 Å².